The van der Waals surface area contributed by atoms with E-state index in [0.717, 1.165) is 26.2 Å². The second kappa shape index (κ2) is 8.12. The summed E-state index contributed by atoms with van der Waals surface area (Å²) in [6, 6.07) is 6.18. The van der Waals surface area contributed by atoms with Crippen LogP contribution in [0.3, 0.4) is 0 Å². The number of piperazine rings is 1. The van der Waals surface area contributed by atoms with Gasteiger partial charge in [0.1, 0.15) is 23.9 Å². The minimum Gasteiger partial charge on any atom is -0.441 e. The van der Waals surface area contributed by atoms with Crippen LogP contribution in [0.4, 0.5) is 20.6 Å². The lowest BCUT2D eigenvalue weighted by molar-refractivity contribution is 0.0277. The second-order valence-electron chi connectivity index (χ2n) is 6.27. The smallest absolute Gasteiger partial charge is 0.414 e. The van der Waals surface area contributed by atoms with Crippen LogP contribution in [0.5, 0.6) is 0 Å². The van der Waals surface area contributed by atoms with Gasteiger partial charge in [-0.15, -0.1) is 12.4 Å². The molecule has 2 N–H and O–H groups in total. The van der Waals surface area contributed by atoms with E-state index in [0.29, 0.717) is 11.4 Å². The lowest BCUT2D eigenvalue weighted by atomic mass is 10.1. The van der Waals surface area contributed by atoms with Gasteiger partial charge in [-0.3, -0.25) is 4.90 Å². The van der Waals surface area contributed by atoms with Crippen molar-refractivity contribution in [2.24, 2.45) is 0 Å². The lowest BCUT2D eigenvalue weighted by Crippen LogP contribution is -2.43. The van der Waals surface area contributed by atoms with Crippen molar-refractivity contribution in [3.63, 3.8) is 0 Å². The summed E-state index contributed by atoms with van der Waals surface area (Å²) in [5.74, 6) is -0.391. The number of anilines is 2. The van der Waals surface area contributed by atoms with E-state index in [2.05, 4.69) is 10.5 Å². The normalized spacial score (nSPS) is 21.0. The van der Waals surface area contributed by atoms with E-state index >= 15 is 0 Å². The first-order valence-electron chi connectivity index (χ1n) is 8.45. The summed E-state index contributed by atoms with van der Waals surface area (Å²) in [5.41, 5.74) is 1.19. The van der Waals surface area contributed by atoms with Crippen molar-refractivity contribution in [1.29, 1.82) is 0 Å². The molecule has 8 nitrogen and oxygen atoms in total. The van der Waals surface area contributed by atoms with Crippen LogP contribution < -0.4 is 15.1 Å². The molecule has 0 aliphatic carbocycles. The third-order valence-corrected chi connectivity index (χ3v) is 4.65. The van der Waals surface area contributed by atoms with Gasteiger partial charge in [-0.05, 0) is 18.2 Å². The zero-order valence-electron chi connectivity index (χ0n) is 14.4. The second-order valence-corrected chi connectivity index (χ2v) is 6.27. The summed E-state index contributed by atoms with van der Waals surface area (Å²) < 4.78 is 24.5. The highest BCUT2D eigenvalue weighted by Crippen LogP contribution is 2.31. The third kappa shape index (κ3) is 3.85. The molecule has 2 aromatic rings. The van der Waals surface area contributed by atoms with Crippen molar-refractivity contribution in [2.45, 2.75) is 12.2 Å². The van der Waals surface area contributed by atoms with Gasteiger partial charge < -0.3 is 24.6 Å². The number of aliphatic hydroxyl groups excluding tert-OH is 1. The predicted molar refractivity (Wildman–Crippen MR) is 97.8 cm³/mol. The number of cyclic esters (lactones) is 1. The molecule has 2 aliphatic rings. The largest absolute Gasteiger partial charge is 0.441 e. The number of nitrogens with zero attached hydrogens (tertiary/aromatic N) is 3. The minimum atomic E-state index is -1.10. The number of carbonyl (C=O) groups excluding carboxylic acids is 1. The van der Waals surface area contributed by atoms with Crippen LogP contribution >= 0.6 is 12.4 Å². The molecule has 10 heteroatoms. The van der Waals surface area contributed by atoms with E-state index in [1.54, 1.807) is 12.1 Å². The zero-order chi connectivity index (χ0) is 18.1. The van der Waals surface area contributed by atoms with Crippen LogP contribution in [0.2, 0.25) is 0 Å². The Kier molecular flexibility index (Phi) is 5.83. The molecular weight excluding hydrogens is 379 g/mol. The number of rotatable bonds is 4. The number of carbonyl (C=O) groups is 1. The molecule has 2 unspecified atom stereocenters. The number of benzene rings is 1. The zero-order valence-corrected chi connectivity index (χ0v) is 15.2. The first-order valence-corrected chi connectivity index (χ1v) is 8.45. The van der Waals surface area contributed by atoms with Gasteiger partial charge in [0.15, 0.2) is 6.10 Å². The quantitative estimate of drug-likeness (QED) is 0.810. The Labute approximate surface area is 161 Å². The van der Waals surface area contributed by atoms with Crippen molar-refractivity contribution in [3.8, 4) is 0 Å². The Bertz CT molecular complexity index is 785. The van der Waals surface area contributed by atoms with Crippen LogP contribution in [0.15, 0.2) is 35.1 Å². The molecular formula is C17H20ClFN4O4. The number of hydrogen-bond acceptors (Lipinski definition) is 7. The maximum Gasteiger partial charge on any atom is 0.414 e. The first kappa shape index (κ1) is 19.4. The van der Waals surface area contributed by atoms with Crippen LogP contribution in [0.25, 0.3) is 0 Å². The molecule has 0 radical (unpaired) electrons. The molecule has 2 fully saturated rings. The third-order valence-electron chi connectivity index (χ3n) is 4.65. The Morgan fingerprint density at radius 3 is 2.74 bits per heavy atom. The van der Waals surface area contributed by atoms with Gasteiger partial charge in [0, 0.05) is 32.2 Å². The van der Waals surface area contributed by atoms with Gasteiger partial charge in [0.05, 0.1) is 17.9 Å². The van der Waals surface area contributed by atoms with Crippen LogP contribution in [0, 0.1) is 5.82 Å². The van der Waals surface area contributed by atoms with Gasteiger partial charge in [-0.2, -0.15) is 0 Å². The van der Waals surface area contributed by atoms with Crippen LogP contribution in [-0.4, -0.2) is 55.2 Å². The molecule has 2 aliphatic heterocycles. The van der Waals surface area contributed by atoms with Crippen molar-refractivity contribution >= 4 is 29.9 Å². The molecule has 1 aromatic carbocycles. The Balaban J connectivity index is 0.00000210. The minimum absolute atomic E-state index is 0. The van der Waals surface area contributed by atoms with Crippen LogP contribution in [0.1, 0.15) is 11.8 Å². The molecule has 3 heterocycles. The molecule has 1 aromatic heterocycles. The summed E-state index contributed by atoms with van der Waals surface area (Å²) in [6.07, 6.45) is -1.21. The fraction of sp³-hybridized carbons (Fsp3) is 0.412. The van der Waals surface area contributed by atoms with Crippen LogP contribution in [-0.2, 0) is 4.74 Å². The average molecular weight is 399 g/mol. The number of amides is 1. The summed E-state index contributed by atoms with van der Waals surface area (Å²) in [7, 11) is 0. The molecule has 2 atom stereocenters. The SMILES string of the molecule is Cl.O=C1OC(C(O)c2ccon2)CN1c1ccc(N2CCNCC2)c(F)c1. The van der Waals surface area contributed by atoms with E-state index < -0.39 is 24.1 Å². The van der Waals surface area contributed by atoms with E-state index in [9.17, 15) is 14.3 Å². The molecule has 1 amide bonds. The fourth-order valence-corrected chi connectivity index (χ4v) is 3.25. The van der Waals surface area contributed by atoms with Crippen molar-refractivity contribution in [2.75, 3.05) is 42.5 Å². The van der Waals surface area contributed by atoms with E-state index in [1.807, 2.05) is 4.90 Å². The molecule has 27 heavy (non-hydrogen) atoms. The number of ether oxygens (including phenoxy) is 1. The molecule has 4 rings (SSSR count). The van der Waals surface area contributed by atoms with E-state index in [-0.39, 0.29) is 24.6 Å². The maximum absolute atomic E-state index is 14.6. The van der Waals surface area contributed by atoms with E-state index in [1.165, 1.54) is 23.3 Å². The number of aliphatic hydroxyl groups is 1. The summed E-state index contributed by atoms with van der Waals surface area (Å²) in [6.45, 7) is 3.17. The molecule has 0 saturated carbocycles. The maximum atomic E-state index is 14.6. The standard InChI is InChI=1S/C17H19FN4O4.ClH/c18-12-9-11(1-2-14(12)21-6-4-19-5-7-21)22-10-15(26-17(22)24)16(23)13-3-8-25-20-13;/h1-3,8-9,15-16,19,23H,4-7,10H2;1H. The number of halogens is 2. The molecule has 0 spiro atoms. The average Bonchev–Trinajstić information content (AvgIpc) is 3.32. The molecule has 146 valence electrons. The number of nitrogens with one attached hydrogen (secondary N) is 1. The Morgan fingerprint density at radius 2 is 2.07 bits per heavy atom. The highest BCUT2D eigenvalue weighted by Gasteiger charge is 2.38. The van der Waals surface area contributed by atoms with Crippen molar-refractivity contribution in [1.82, 2.24) is 10.5 Å². The van der Waals surface area contributed by atoms with Gasteiger partial charge in [-0.25, -0.2) is 9.18 Å². The first-order chi connectivity index (χ1) is 12.6. The number of hydrogen-bond donors (Lipinski definition) is 2. The summed E-state index contributed by atoms with van der Waals surface area (Å²) in [5, 5.41) is 17.1. The highest BCUT2D eigenvalue weighted by molar-refractivity contribution is 5.90. The van der Waals surface area contributed by atoms with Gasteiger partial charge in [0.2, 0.25) is 0 Å². The Hall–Kier alpha value is -2.36. The van der Waals surface area contributed by atoms with E-state index in [4.69, 9.17) is 9.26 Å². The summed E-state index contributed by atoms with van der Waals surface area (Å²) in [4.78, 5) is 15.4. The highest BCUT2D eigenvalue weighted by atomic mass is 35.5. The molecule has 2 saturated heterocycles. The lowest BCUT2D eigenvalue weighted by Gasteiger charge is -2.30. The monoisotopic (exact) mass is 398 g/mol. The van der Waals surface area contributed by atoms with Gasteiger partial charge in [0.25, 0.3) is 0 Å². The van der Waals surface area contributed by atoms with Crippen molar-refractivity contribution in [3.05, 3.63) is 42.0 Å². The molecule has 0 bridgehead atoms. The topological polar surface area (TPSA) is 91.1 Å². The summed E-state index contributed by atoms with van der Waals surface area (Å²) >= 11 is 0. The Morgan fingerprint density at radius 1 is 1.30 bits per heavy atom. The number of aromatic nitrogens is 1. The van der Waals surface area contributed by atoms with Gasteiger partial charge in [-0.1, -0.05) is 5.16 Å². The predicted octanol–water partition coefficient (Wildman–Crippen LogP) is 1.70. The van der Waals surface area contributed by atoms with Crippen molar-refractivity contribution < 1.29 is 23.6 Å². The van der Waals surface area contributed by atoms with Gasteiger partial charge >= 0.3 is 6.09 Å². The fourth-order valence-electron chi connectivity index (χ4n) is 3.25.